The number of halogens is 2. The van der Waals surface area contributed by atoms with Gasteiger partial charge in [-0.25, -0.2) is 9.37 Å². The number of rotatable bonds is 2. The van der Waals surface area contributed by atoms with Gasteiger partial charge in [0.15, 0.2) is 5.82 Å². The molecule has 1 heterocycles. The van der Waals surface area contributed by atoms with E-state index >= 15 is 0 Å². The molecule has 0 radical (unpaired) electrons. The fraction of sp³-hybridized carbons (Fsp3) is 0.0909. The van der Waals surface area contributed by atoms with Crippen LogP contribution in [0.3, 0.4) is 0 Å². The Morgan fingerprint density at radius 3 is 2.88 bits per heavy atom. The average molecular weight is 238 g/mol. The molecule has 0 saturated heterocycles. The summed E-state index contributed by atoms with van der Waals surface area (Å²) in [6, 6.07) is 4.80. The Kier molecular flexibility index (Phi) is 3.01. The maximum Gasteiger partial charge on any atom is 0.150 e. The molecular weight excluding hydrogens is 229 g/mol. The van der Waals surface area contributed by atoms with Crippen molar-refractivity contribution in [3.8, 4) is 0 Å². The second kappa shape index (κ2) is 4.45. The summed E-state index contributed by atoms with van der Waals surface area (Å²) in [4.78, 5) is 7.89. The van der Waals surface area contributed by atoms with Crippen LogP contribution in [0, 0.1) is 12.7 Å². The Morgan fingerprint density at radius 2 is 2.12 bits per heavy atom. The van der Waals surface area contributed by atoms with Crippen LogP contribution in [0.25, 0.3) is 0 Å². The number of benzene rings is 1. The zero-order chi connectivity index (χ0) is 11.5. The first kappa shape index (κ1) is 10.8. The van der Waals surface area contributed by atoms with Crippen molar-refractivity contribution >= 4 is 23.1 Å². The van der Waals surface area contributed by atoms with Crippen LogP contribution in [-0.2, 0) is 0 Å². The van der Waals surface area contributed by atoms with Gasteiger partial charge >= 0.3 is 0 Å². The van der Waals surface area contributed by atoms with E-state index in [4.69, 9.17) is 11.6 Å². The highest BCUT2D eigenvalue weighted by Gasteiger charge is 2.04. The van der Waals surface area contributed by atoms with E-state index in [1.807, 2.05) is 0 Å². The van der Waals surface area contributed by atoms with Crippen molar-refractivity contribution in [2.75, 3.05) is 5.32 Å². The third-order valence-corrected chi connectivity index (χ3v) is 2.32. The lowest BCUT2D eigenvalue weighted by Crippen LogP contribution is -1.97. The molecule has 82 valence electrons. The van der Waals surface area contributed by atoms with Gasteiger partial charge in [0.05, 0.1) is 12.4 Å². The van der Waals surface area contributed by atoms with Crippen LogP contribution >= 0.6 is 11.6 Å². The number of hydrogen-bond donors (Lipinski definition) is 1. The topological polar surface area (TPSA) is 37.8 Å². The Bertz CT molecular complexity index is 516. The zero-order valence-corrected chi connectivity index (χ0v) is 9.29. The monoisotopic (exact) mass is 237 g/mol. The van der Waals surface area contributed by atoms with Crippen LogP contribution in [0.4, 0.5) is 15.9 Å². The van der Waals surface area contributed by atoms with Crippen LogP contribution in [0.1, 0.15) is 5.56 Å². The number of aromatic nitrogens is 2. The van der Waals surface area contributed by atoms with Crippen LogP contribution in [0.15, 0.2) is 30.6 Å². The largest absolute Gasteiger partial charge is 0.339 e. The van der Waals surface area contributed by atoms with E-state index in [0.717, 1.165) is 0 Å². The number of nitrogens with zero attached hydrogens (tertiary/aromatic N) is 2. The van der Waals surface area contributed by atoms with Gasteiger partial charge in [-0.2, -0.15) is 0 Å². The van der Waals surface area contributed by atoms with Crippen molar-refractivity contribution in [1.82, 2.24) is 9.97 Å². The van der Waals surface area contributed by atoms with Crippen molar-refractivity contribution < 1.29 is 4.39 Å². The molecule has 1 aromatic carbocycles. The predicted octanol–water partition coefficient (Wildman–Crippen LogP) is 3.32. The molecule has 3 nitrogen and oxygen atoms in total. The number of nitrogens with one attached hydrogen (secondary N) is 1. The minimum absolute atomic E-state index is 0.264. The van der Waals surface area contributed by atoms with Crippen LogP contribution in [-0.4, -0.2) is 9.97 Å². The molecule has 2 rings (SSSR count). The van der Waals surface area contributed by atoms with Crippen LogP contribution in [0.5, 0.6) is 0 Å². The van der Waals surface area contributed by atoms with Crippen LogP contribution < -0.4 is 5.32 Å². The summed E-state index contributed by atoms with van der Waals surface area (Å²) in [5, 5.41) is 3.25. The predicted molar refractivity (Wildman–Crippen MR) is 61.5 cm³/mol. The van der Waals surface area contributed by atoms with Crippen molar-refractivity contribution in [3.05, 3.63) is 47.1 Å². The normalized spacial score (nSPS) is 10.2. The van der Waals surface area contributed by atoms with Crippen molar-refractivity contribution in [1.29, 1.82) is 0 Å². The molecule has 2 aromatic rings. The minimum Gasteiger partial charge on any atom is -0.339 e. The zero-order valence-electron chi connectivity index (χ0n) is 8.54. The SMILES string of the molecule is Cc1c(F)cccc1Nc1cncc(Cl)n1. The Morgan fingerprint density at radius 1 is 1.31 bits per heavy atom. The van der Waals surface area contributed by atoms with Crippen molar-refractivity contribution in [2.45, 2.75) is 6.92 Å². The quantitative estimate of drug-likeness (QED) is 0.871. The van der Waals surface area contributed by atoms with Gasteiger partial charge in [-0.05, 0) is 19.1 Å². The van der Waals surface area contributed by atoms with Crippen molar-refractivity contribution in [2.24, 2.45) is 0 Å². The molecule has 0 aliphatic heterocycles. The molecule has 1 aromatic heterocycles. The lowest BCUT2D eigenvalue weighted by molar-refractivity contribution is 0.619. The van der Waals surface area contributed by atoms with E-state index in [0.29, 0.717) is 22.2 Å². The van der Waals surface area contributed by atoms with Gasteiger partial charge in [-0.15, -0.1) is 0 Å². The Labute approximate surface area is 97.3 Å². The Balaban J connectivity index is 2.31. The molecule has 0 aliphatic rings. The summed E-state index contributed by atoms with van der Waals surface area (Å²) >= 11 is 5.69. The summed E-state index contributed by atoms with van der Waals surface area (Å²) in [7, 11) is 0. The molecule has 0 aliphatic carbocycles. The second-order valence-corrected chi connectivity index (χ2v) is 3.65. The van der Waals surface area contributed by atoms with Crippen LogP contribution in [0.2, 0.25) is 5.15 Å². The molecule has 1 N–H and O–H groups in total. The number of hydrogen-bond acceptors (Lipinski definition) is 3. The molecule has 0 atom stereocenters. The van der Waals surface area contributed by atoms with E-state index < -0.39 is 0 Å². The Hall–Kier alpha value is -1.68. The van der Waals surface area contributed by atoms with Gasteiger partial charge in [-0.1, -0.05) is 17.7 Å². The van der Waals surface area contributed by atoms with Gasteiger partial charge < -0.3 is 5.32 Å². The molecule has 0 bridgehead atoms. The van der Waals surface area contributed by atoms with E-state index in [2.05, 4.69) is 15.3 Å². The molecule has 0 saturated carbocycles. The van der Waals surface area contributed by atoms with E-state index in [1.165, 1.54) is 18.5 Å². The first-order valence-electron chi connectivity index (χ1n) is 4.66. The minimum atomic E-state index is -0.264. The molecule has 0 amide bonds. The third kappa shape index (κ3) is 2.28. The second-order valence-electron chi connectivity index (χ2n) is 3.26. The summed E-state index contributed by atoms with van der Waals surface area (Å²) in [6.45, 7) is 1.69. The fourth-order valence-electron chi connectivity index (χ4n) is 1.28. The van der Waals surface area contributed by atoms with Gasteiger partial charge in [0.25, 0.3) is 0 Å². The summed E-state index contributed by atoms with van der Waals surface area (Å²) in [6.07, 6.45) is 2.96. The summed E-state index contributed by atoms with van der Waals surface area (Å²) < 4.78 is 13.3. The maximum absolute atomic E-state index is 13.3. The first-order chi connectivity index (χ1) is 7.66. The highest BCUT2D eigenvalue weighted by molar-refractivity contribution is 6.29. The maximum atomic E-state index is 13.3. The molecule has 16 heavy (non-hydrogen) atoms. The fourth-order valence-corrected chi connectivity index (χ4v) is 1.43. The molecule has 0 fully saturated rings. The highest BCUT2D eigenvalue weighted by Crippen LogP contribution is 2.21. The van der Waals surface area contributed by atoms with E-state index in [1.54, 1.807) is 19.1 Å². The molecule has 0 unspecified atom stereocenters. The summed E-state index contributed by atoms with van der Waals surface area (Å²) in [5.74, 6) is 0.223. The lowest BCUT2D eigenvalue weighted by atomic mass is 10.2. The molecule has 5 heteroatoms. The van der Waals surface area contributed by atoms with Crippen molar-refractivity contribution in [3.63, 3.8) is 0 Å². The number of anilines is 2. The third-order valence-electron chi connectivity index (χ3n) is 2.14. The van der Waals surface area contributed by atoms with Gasteiger partial charge in [0, 0.05) is 11.3 Å². The van der Waals surface area contributed by atoms with Gasteiger partial charge in [0.1, 0.15) is 11.0 Å². The lowest BCUT2D eigenvalue weighted by Gasteiger charge is -2.08. The molecule has 0 spiro atoms. The van der Waals surface area contributed by atoms with E-state index in [9.17, 15) is 4.39 Å². The van der Waals surface area contributed by atoms with Gasteiger partial charge in [0.2, 0.25) is 0 Å². The first-order valence-corrected chi connectivity index (χ1v) is 5.04. The van der Waals surface area contributed by atoms with Gasteiger partial charge in [-0.3, -0.25) is 4.98 Å². The average Bonchev–Trinajstić information content (AvgIpc) is 2.25. The molecular formula is C11H9ClFN3. The standard InChI is InChI=1S/C11H9ClFN3/c1-7-8(13)3-2-4-9(7)15-11-6-14-5-10(12)16-11/h2-6H,1H3,(H,15,16). The highest BCUT2D eigenvalue weighted by atomic mass is 35.5. The summed E-state index contributed by atoms with van der Waals surface area (Å²) in [5.41, 5.74) is 1.18. The smallest absolute Gasteiger partial charge is 0.150 e. The van der Waals surface area contributed by atoms with E-state index in [-0.39, 0.29) is 5.82 Å².